The van der Waals surface area contributed by atoms with Crippen molar-refractivity contribution in [1.29, 1.82) is 0 Å². The van der Waals surface area contributed by atoms with Gasteiger partial charge in [0.05, 0.1) is 6.10 Å². The predicted molar refractivity (Wildman–Crippen MR) is 131 cm³/mol. The minimum atomic E-state index is -0.272. The van der Waals surface area contributed by atoms with Gasteiger partial charge in [-0.25, -0.2) is 0 Å². The molecule has 0 aliphatic heterocycles. The van der Waals surface area contributed by atoms with Gasteiger partial charge >= 0.3 is 0 Å². The first-order valence-electron chi connectivity index (χ1n) is 12.9. The lowest BCUT2D eigenvalue weighted by atomic mass is 9.44. The van der Waals surface area contributed by atoms with E-state index in [9.17, 15) is 9.90 Å². The summed E-state index contributed by atoms with van der Waals surface area (Å²) in [6.07, 6.45) is 12.9. The van der Waals surface area contributed by atoms with Crippen LogP contribution in [0.25, 0.3) is 6.08 Å². The number of aliphatic hydroxyl groups excluding tert-OH is 1. The lowest BCUT2D eigenvalue weighted by molar-refractivity contribution is -0.159. The van der Waals surface area contributed by atoms with Gasteiger partial charge in [0.2, 0.25) is 0 Å². The van der Waals surface area contributed by atoms with Gasteiger partial charge in [-0.2, -0.15) is 0 Å². The van der Waals surface area contributed by atoms with Gasteiger partial charge in [-0.05, 0) is 103 Å². The lowest BCUT2D eigenvalue weighted by Crippen LogP contribution is -2.57. The molecule has 1 aromatic rings. The molecule has 0 bridgehead atoms. The Morgan fingerprint density at radius 3 is 2.47 bits per heavy atom. The van der Waals surface area contributed by atoms with Crippen LogP contribution < -0.4 is 0 Å². The molecule has 4 aliphatic carbocycles. The Balaban J connectivity index is 1.35. The smallest absolute Gasteiger partial charge is 0.136 e. The van der Waals surface area contributed by atoms with Crippen LogP contribution in [0.5, 0.6) is 0 Å². The van der Waals surface area contributed by atoms with Crippen molar-refractivity contribution in [2.75, 3.05) is 0 Å². The Kier molecular flexibility index (Phi) is 5.86. The number of halogens is 1. The van der Waals surface area contributed by atoms with E-state index in [1.807, 2.05) is 12.1 Å². The van der Waals surface area contributed by atoms with E-state index in [1.165, 1.54) is 31.2 Å². The minimum Gasteiger partial charge on any atom is -0.393 e. The van der Waals surface area contributed by atoms with E-state index in [2.05, 4.69) is 45.1 Å². The van der Waals surface area contributed by atoms with E-state index in [1.54, 1.807) is 0 Å². The van der Waals surface area contributed by atoms with Gasteiger partial charge in [-0.1, -0.05) is 56.7 Å². The second-order valence-electron chi connectivity index (χ2n) is 12.0. The molecule has 0 amide bonds. The molecule has 9 atom stereocenters. The summed E-state index contributed by atoms with van der Waals surface area (Å²) in [6.45, 7) is 7.33. The maximum atomic E-state index is 13.3. The number of rotatable bonds is 3. The molecule has 0 heterocycles. The van der Waals surface area contributed by atoms with E-state index in [-0.39, 0.29) is 17.4 Å². The van der Waals surface area contributed by atoms with Gasteiger partial charge < -0.3 is 5.11 Å². The summed E-state index contributed by atoms with van der Waals surface area (Å²) < 4.78 is 0. The molecular formula is C29H39ClO2. The average Bonchev–Trinajstić information content (AvgIpc) is 3.12. The Labute approximate surface area is 198 Å². The number of benzene rings is 1. The Hall–Kier alpha value is -1.12. The van der Waals surface area contributed by atoms with E-state index >= 15 is 0 Å². The number of carbonyl (C=O) groups is 1. The predicted octanol–water partition coefficient (Wildman–Crippen LogP) is 7.19. The van der Waals surface area contributed by atoms with Crippen LogP contribution >= 0.6 is 11.6 Å². The van der Waals surface area contributed by atoms with Crippen molar-refractivity contribution in [1.82, 2.24) is 0 Å². The second kappa shape index (κ2) is 8.27. The SMILES string of the molecule is C[C@H](/C=C/c1ccc(Cl)cc1)[C@H]1CC[C@H]2[C@@H]3CC(=O)[C@H]4C[C@H](O)CC[C@]4(C)[C@H]3CC[C@]12C. The summed E-state index contributed by atoms with van der Waals surface area (Å²) >= 11 is 6.04. The number of allylic oxidation sites excluding steroid dienone is 1. The van der Waals surface area contributed by atoms with Gasteiger partial charge in [0.15, 0.2) is 0 Å². The zero-order valence-electron chi connectivity index (χ0n) is 19.9. The minimum absolute atomic E-state index is 0.0929. The van der Waals surface area contributed by atoms with E-state index < -0.39 is 0 Å². The summed E-state index contributed by atoms with van der Waals surface area (Å²) in [7, 11) is 0. The van der Waals surface area contributed by atoms with Crippen LogP contribution in [0.2, 0.25) is 5.02 Å². The van der Waals surface area contributed by atoms with Crippen LogP contribution in [0.15, 0.2) is 30.3 Å². The van der Waals surface area contributed by atoms with Crippen molar-refractivity contribution in [3.63, 3.8) is 0 Å². The van der Waals surface area contributed by atoms with Crippen molar-refractivity contribution >= 4 is 23.5 Å². The van der Waals surface area contributed by atoms with Gasteiger partial charge in [0.25, 0.3) is 0 Å². The number of aliphatic hydroxyl groups is 1. The molecule has 2 nitrogen and oxygen atoms in total. The second-order valence-corrected chi connectivity index (χ2v) is 12.5. The van der Waals surface area contributed by atoms with Crippen molar-refractivity contribution < 1.29 is 9.90 Å². The fourth-order valence-corrected chi connectivity index (χ4v) is 9.02. The van der Waals surface area contributed by atoms with Crippen molar-refractivity contribution in [3.8, 4) is 0 Å². The highest BCUT2D eigenvalue weighted by Crippen LogP contribution is 2.67. The first-order chi connectivity index (χ1) is 15.2. The number of hydrogen-bond acceptors (Lipinski definition) is 2. The van der Waals surface area contributed by atoms with E-state index in [0.29, 0.717) is 47.2 Å². The zero-order valence-corrected chi connectivity index (χ0v) is 20.7. The van der Waals surface area contributed by atoms with E-state index in [4.69, 9.17) is 11.6 Å². The van der Waals surface area contributed by atoms with Crippen LogP contribution in [-0.2, 0) is 4.79 Å². The molecule has 4 fully saturated rings. The molecule has 4 aliphatic rings. The number of ketones is 1. The number of Topliss-reactive ketones (excluding diaryl/α,β-unsaturated/α-hetero) is 1. The lowest BCUT2D eigenvalue weighted by Gasteiger charge is -2.60. The molecule has 0 spiro atoms. The molecule has 5 rings (SSSR count). The molecule has 0 saturated heterocycles. The Bertz CT molecular complexity index is 891. The van der Waals surface area contributed by atoms with Crippen molar-refractivity contribution in [2.45, 2.75) is 78.2 Å². The van der Waals surface area contributed by atoms with Crippen LogP contribution in [0.3, 0.4) is 0 Å². The normalized spacial score (nSPS) is 44.7. The summed E-state index contributed by atoms with van der Waals surface area (Å²) in [4.78, 5) is 13.3. The number of hydrogen-bond donors (Lipinski definition) is 1. The molecular weight excluding hydrogens is 416 g/mol. The van der Waals surface area contributed by atoms with Gasteiger partial charge in [-0.3, -0.25) is 4.79 Å². The Morgan fingerprint density at radius 2 is 1.72 bits per heavy atom. The molecule has 0 aromatic heterocycles. The van der Waals surface area contributed by atoms with Gasteiger partial charge in [0.1, 0.15) is 5.78 Å². The van der Waals surface area contributed by atoms with E-state index in [0.717, 1.165) is 24.3 Å². The molecule has 0 unspecified atom stereocenters. The third-order valence-corrected chi connectivity index (χ3v) is 10.9. The maximum absolute atomic E-state index is 13.3. The average molecular weight is 455 g/mol. The quantitative estimate of drug-likeness (QED) is 0.524. The number of carbonyl (C=O) groups excluding carboxylic acids is 1. The third-order valence-electron chi connectivity index (χ3n) is 10.6. The fourth-order valence-electron chi connectivity index (χ4n) is 8.89. The van der Waals surface area contributed by atoms with Crippen LogP contribution in [-0.4, -0.2) is 17.0 Å². The number of fused-ring (bicyclic) bond motifs is 5. The summed E-state index contributed by atoms with van der Waals surface area (Å²) in [5.74, 6) is 3.65. The molecule has 3 heteroatoms. The highest BCUT2D eigenvalue weighted by atomic mass is 35.5. The highest BCUT2D eigenvalue weighted by Gasteiger charge is 2.62. The molecule has 0 radical (unpaired) electrons. The Morgan fingerprint density at radius 1 is 1.03 bits per heavy atom. The highest BCUT2D eigenvalue weighted by molar-refractivity contribution is 6.30. The first kappa shape index (κ1) is 22.7. The summed E-state index contributed by atoms with van der Waals surface area (Å²) in [5.41, 5.74) is 1.66. The van der Waals surface area contributed by atoms with Gasteiger partial charge in [-0.15, -0.1) is 0 Å². The van der Waals surface area contributed by atoms with Crippen molar-refractivity contribution in [2.24, 2.45) is 46.3 Å². The molecule has 1 N–H and O–H groups in total. The zero-order chi connectivity index (χ0) is 22.7. The largest absolute Gasteiger partial charge is 0.393 e. The molecule has 174 valence electrons. The van der Waals surface area contributed by atoms with Crippen LogP contribution in [0.4, 0.5) is 0 Å². The standard InChI is InChI=1S/C29H39ClO2/c1-18(4-5-19-6-8-20(30)9-7-19)23-10-11-24-22-17-27(32)26-16-21(31)12-14-29(26,3)25(22)13-15-28(23,24)2/h4-9,18,21-26,31H,10-17H2,1-3H3/b5-4+/t18-,21-,22+,23-,24+,25+,26-,28-,29-/m1/s1. The third kappa shape index (κ3) is 3.61. The van der Waals surface area contributed by atoms with Crippen molar-refractivity contribution in [3.05, 3.63) is 40.9 Å². The molecule has 1 aromatic carbocycles. The fraction of sp³-hybridized carbons (Fsp3) is 0.690. The van der Waals surface area contributed by atoms with Crippen LogP contribution in [0.1, 0.15) is 77.7 Å². The summed E-state index contributed by atoms with van der Waals surface area (Å²) in [5, 5.41) is 11.0. The van der Waals surface area contributed by atoms with Gasteiger partial charge in [0, 0.05) is 17.4 Å². The van der Waals surface area contributed by atoms with Crippen LogP contribution in [0, 0.1) is 46.3 Å². The first-order valence-corrected chi connectivity index (χ1v) is 13.2. The summed E-state index contributed by atoms with van der Waals surface area (Å²) in [6, 6.07) is 8.08. The molecule has 4 saturated carbocycles. The maximum Gasteiger partial charge on any atom is 0.136 e. The molecule has 32 heavy (non-hydrogen) atoms. The topological polar surface area (TPSA) is 37.3 Å². The monoisotopic (exact) mass is 454 g/mol.